The van der Waals surface area contributed by atoms with Crippen LogP contribution in [-0.2, 0) is 0 Å². The van der Waals surface area contributed by atoms with Crippen molar-refractivity contribution in [3.05, 3.63) is 90.3 Å². The molecule has 0 bridgehead atoms. The molecule has 6 nitrogen and oxygen atoms in total. The number of carbonyl (C=O) groups excluding carboxylic acids is 3. The Balaban J connectivity index is 2.03. The fourth-order valence-corrected chi connectivity index (χ4v) is 3.34. The largest absolute Gasteiger partial charge is 0.298 e. The number of carbonyl (C=O) groups is 3. The summed E-state index contributed by atoms with van der Waals surface area (Å²) in [6.07, 6.45) is 11.8. The van der Waals surface area contributed by atoms with Crippen molar-refractivity contribution in [2.24, 2.45) is 0 Å². The summed E-state index contributed by atoms with van der Waals surface area (Å²) in [6, 6.07) is 10.5. The maximum Gasteiger partial charge on any atom is 0.150 e. The number of benzene rings is 1. The number of aromatic nitrogens is 3. The van der Waals surface area contributed by atoms with Crippen molar-refractivity contribution in [1.29, 1.82) is 0 Å². The Labute approximate surface area is 172 Å². The van der Waals surface area contributed by atoms with Crippen molar-refractivity contribution in [1.82, 2.24) is 15.0 Å². The predicted molar refractivity (Wildman–Crippen MR) is 112 cm³/mol. The Morgan fingerprint density at radius 1 is 0.500 bits per heavy atom. The minimum absolute atomic E-state index is 0.483. The number of hydrogen-bond acceptors (Lipinski definition) is 6. The first-order valence-corrected chi connectivity index (χ1v) is 9.09. The van der Waals surface area contributed by atoms with Crippen LogP contribution in [0.5, 0.6) is 0 Å². The maximum absolute atomic E-state index is 11.6. The molecule has 0 aliphatic carbocycles. The molecule has 0 unspecified atom stereocenters. The standard InChI is InChI=1S/C24H15N3O3/c28-13-16-1-4-25-10-22(16)19-7-20(23-11-26-5-2-17(23)14-29)9-21(8-19)24-12-27-6-3-18(24)15-30/h1-15H. The van der Waals surface area contributed by atoms with Crippen LogP contribution in [0, 0.1) is 0 Å². The minimum atomic E-state index is 0.483. The average Bonchev–Trinajstić information content (AvgIpc) is 2.83. The van der Waals surface area contributed by atoms with Crippen LogP contribution in [0.4, 0.5) is 0 Å². The lowest BCUT2D eigenvalue weighted by Gasteiger charge is -2.13. The molecule has 144 valence electrons. The molecule has 0 spiro atoms. The lowest BCUT2D eigenvalue weighted by molar-refractivity contribution is 0.111. The summed E-state index contributed by atoms with van der Waals surface area (Å²) in [7, 11) is 0. The average molecular weight is 393 g/mol. The molecule has 0 aliphatic heterocycles. The molecule has 0 aliphatic rings. The summed E-state index contributed by atoms with van der Waals surface area (Å²) in [5, 5.41) is 0. The normalized spacial score (nSPS) is 10.4. The molecular formula is C24H15N3O3. The van der Waals surface area contributed by atoms with Gasteiger partial charge in [0, 0.05) is 70.6 Å². The monoisotopic (exact) mass is 393 g/mol. The topological polar surface area (TPSA) is 89.9 Å². The number of rotatable bonds is 6. The fraction of sp³-hybridized carbons (Fsp3) is 0. The summed E-state index contributed by atoms with van der Waals surface area (Å²) in [5.74, 6) is 0. The van der Waals surface area contributed by atoms with Crippen LogP contribution in [0.1, 0.15) is 31.1 Å². The van der Waals surface area contributed by atoms with Gasteiger partial charge in [0.1, 0.15) is 0 Å². The first-order valence-electron chi connectivity index (χ1n) is 9.09. The molecule has 0 saturated heterocycles. The van der Waals surface area contributed by atoms with Crippen molar-refractivity contribution >= 4 is 18.9 Å². The van der Waals surface area contributed by atoms with E-state index in [1.807, 2.05) is 18.2 Å². The number of aldehydes is 3. The van der Waals surface area contributed by atoms with Gasteiger partial charge in [0.25, 0.3) is 0 Å². The van der Waals surface area contributed by atoms with Gasteiger partial charge in [-0.1, -0.05) is 0 Å². The number of hydrogen-bond donors (Lipinski definition) is 0. The molecule has 0 fully saturated rings. The molecule has 6 heteroatoms. The van der Waals surface area contributed by atoms with E-state index in [2.05, 4.69) is 15.0 Å². The van der Waals surface area contributed by atoms with Crippen molar-refractivity contribution in [3.8, 4) is 33.4 Å². The Morgan fingerprint density at radius 2 is 0.800 bits per heavy atom. The Hall–Kier alpha value is -4.32. The molecule has 1 aromatic carbocycles. The van der Waals surface area contributed by atoms with Gasteiger partial charge in [0.2, 0.25) is 0 Å². The molecule has 4 rings (SSSR count). The van der Waals surface area contributed by atoms with Crippen molar-refractivity contribution in [2.75, 3.05) is 0 Å². The predicted octanol–water partition coefficient (Wildman–Crippen LogP) is 4.31. The minimum Gasteiger partial charge on any atom is -0.298 e. The number of pyridine rings is 3. The summed E-state index contributed by atoms with van der Waals surface area (Å²) < 4.78 is 0. The zero-order valence-electron chi connectivity index (χ0n) is 15.7. The fourth-order valence-electron chi connectivity index (χ4n) is 3.34. The molecule has 0 saturated carbocycles. The Kier molecular flexibility index (Phi) is 5.30. The van der Waals surface area contributed by atoms with E-state index in [4.69, 9.17) is 0 Å². The van der Waals surface area contributed by atoms with Gasteiger partial charge in [0.05, 0.1) is 0 Å². The first-order chi connectivity index (χ1) is 14.7. The highest BCUT2D eigenvalue weighted by molar-refractivity contribution is 5.94. The van der Waals surface area contributed by atoms with E-state index in [1.54, 1.807) is 55.4 Å². The third-order valence-electron chi connectivity index (χ3n) is 4.81. The first kappa shape index (κ1) is 19.0. The quantitative estimate of drug-likeness (QED) is 0.454. The molecule has 3 aromatic heterocycles. The Morgan fingerprint density at radius 3 is 1.07 bits per heavy atom. The molecule has 3 heterocycles. The third kappa shape index (κ3) is 3.54. The molecule has 0 amide bonds. The van der Waals surface area contributed by atoms with E-state index in [-0.39, 0.29) is 0 Å². The molecule has 30 heavy (non-hydrogen) atoms. The summed E-state index contributed by atoms with van der Waals surface area (Å²) in [4.78, 5) is 47.2. The SMILES string of the molecule is O=Cc1ccncc1-c1cc(-c2cnccc2C=O)cc(-c2cnccc2C=O)c1. The van der Waals surface area contributed by atoms with Crippen LogP contribution in [0.2, 0.25) is 0 Å². The van der Waals surface area contributed by atoms with Gasteiger partial charge < -0.3 is 0 Å². The van der Waals surface area contributed by atoms with E-state index in [0.29, 0.717) is 33.4 Å². The van der Waals surface area contributed by atoms with Crippen molar-refractivity contribution in [2.45, 2.75) is 0 Å². The van der Waals surface area contributed by atoms with Crippen LogP contribution < -0.4 is 0 Å². The third-order valence-corrected chi connectivity index (χ3v) is 4.81. The van der Waals surface area contributed by atoms with Gasteiger partial charge in [-0.3, -0.25) is 29.3 Å². The van der Waals surface area contributed by atoms with Crippen molar-refractivity contribution in [3.63, 3.8) is 0 Å². The Bertz CT molecular complexity index is 1100. The van der Waals surface area contributed by atoms with Crippen LogP contribution >= 0.6 is 0 Å². The van der Waals surface area contributed by atoms with Gasteiger partial charge in [-0.25, -0.2) is 0 Å². The van der Waals surface area contributed by atoms with Crippen LogP contribution in [0.25, 0.3) is 33.4 Å². The van der Waals surface area contributed by atoms with Gasteiger partial charge in [0.15, 0.2) is 18.9 Å². The zero-order valence-corrected chi connectivity index (χ0v) is 15.7. The maximum atomic E-state index is 11.6. The summed E-state index contributed by atoms with van der Waals surface area (Å²) in [5.41, 5.74) is 5.54. The van der Waals surface area contributed by atoms with E-state index in [1.165, 1.54) is 0 Å². The van der Waals surface area contributed by atoms with Crippen LogP contribution in [0.3, 0.4) is 0 Å². The number of nitrogens with zero attached hydrogens (tertiary/aromatic N) is 3. The van der Waals surface area contributed by atoms with Crippen LogP contribution in [0.15, 0.2) is 73.6 Å². The molecule has 0 radical (unpaired) electrons. The summed E-state index contributed by atoms with van der Waals surface area (Å²) in [6.45, 7) is 0. The van der Waals surface area contributed by atoms with Gasteiger partial charge in [-0.2, -0.15) is 0 Å². The zero-order chi connectivity index (χ0) is 20.9. The van der Waals surface area contributed by atoms with E-state index in [9.17, 15) is 14.4 Å². The van der Waals surface area contributed by atoms with Gasteiger partial charge in [-0.15, -0.1) is 0 Å². The second-order valence-corrected chi connectivity index (χ2v) is 6.54. The summed E-state index contributed by atoms with van der Waals surface area (Å²) >= 11 is 0. The van der Waals surface area contributed by atoms with E-state index < -0.39 is 0 Å². The highest BCUT2D eigenvalue weighted by Crippen LogP contribution is 2.35. The van der Waals surface area contributed by atoms with E-state index >= 15 is 0 Å². The van der Waals surface area contributed by atoms with Crippen LogP contribution in [-0.4, -0.2) is 33.8 Å². The molecule has 0 atom stereocenters. The smallest absolute Gasteiger partial charge is 0.150 e. The second kappa shape index (κ2) is 8.36. The molecule has 4 aromatic rings. The van der Waals surface area contributed by atoms with E-state index in [0.717, 1.165) is 35.5 Å². The van der Waals surface area contributed by atoms with Gasteiger partial charge >= 0.3 is 0 Å². The molecular weight excluding hydrogens is 378 g/mol. The second-order valence-electron chi connectivity index (χ2n) is 6.54. The highest BCUT2D eigenvalue weighted by Gasteiger charge is 2.14. The lowest BCUT2D eigenvalue weighted by Crippen LogP contribution is -1.95. The van der Waals surface area contributed by atoms with Crippen molar-refractivity contribution < 1.29 is 14.4 Å². The molecule has 0 N–H and O–H groups in total. The van der Waals surface area contributed by atoms with Gasteiger partial charge in [-0.05, 0) is 53.1 Å². The lowest BCUT2D eigenvalue weighted by atomic mass is 9.91. The highest BCUT2D eigenvalue weighted by atomic mass is 16.1.